The van der Waals surface area contributed by atoms with E-state index in [2.05, 4.69) is 5.32 Å². The first kappa shape index (κ1) is 23.6. The molecule has 2 atom stereocenters. The van der Waals surface area contributed by atoms with E-state index in [-0.39, 0.29) is 17.8 Å². The predicted octanol–water partition coefficient (Wildman–Crippen LogP) is 4.80. The number of halogens is 2. The monoisotopic (exact) mass is 443 g/mol. The van der Waals surface area contributed by atoms with Crippen LogP contribution in [0.1, 0.15) is 73.2 Å². The van der Waals surface area contributed by atoms with Crippen molar-refractivity contribution < 1.29 is 27.9 Å². The van der Waals surface area contributed by atoms with Crippen LogP contribution in [0.5, 0.6) is 0 Å². The Bertz CT molecular complexity index is 1030. The van der Waals surface area contributed by atoms with Crippen LogP contribution >= 0.6 is 0 Å². The molecule has 1 N–H and O–H groups in total. The first-order chi connectivity index (χ1) is 14.8. The average molecular weight is 443 g/mol. The molecule has 5 nitrogen and oxygen atoms in total. The smallest absolute Gasteiger partial charge is 0.310 e. The Morgan fingerprint density at radius 1 is 0.938 bits per heavy atom. The molecule has 0 saturated heterocycles. The lowest BCUT2D eigenvalue weighted by Gasteiger charge is -2.25. The largest absolute Gasteiger partial charge is 0.460 e. The van der Waals surface area contributed by atoms with E-state index in [0.29, 0.717) is 12.0 Å². The van der Waals surface area contributed by atoms with E-state index in [9.17, 15) is 23.2 Å². The zero-order valence-electron chi connectivity index (χ0n) is 18.8. The Morgan fingerprint density at radius 3 is 2.03 bits per heavy atom. The SMILES string of the molecule is CC(C)(C)OC(=O)C1C[C@@H]1c1ccc(C(=O)C(C)(C)NC(=O)c2c(F)cccc2F)cc1. The second kappa shape index (κ2) is 8.45. The highest BCUT2D eigenvalue weighted by Gasteiger charge is 2.46. The molecule has 0 aliphatic heterocycles. The number of Topliss-reactive ketones (excluding diaryl/α,β-unsaturated/α-hetero) is 1. The molecule has 1 fully saturated rings. The second-order valence-electron chi connectivity index (χ2n) is 9.61. The van der Waals surface area contributed by atoms with Crippen LogP contribution in [0.3, 0.4) is 0 Å². The van der Waals surface area contributed by atoms with Gasteiger partial charge < -0.3 is 10.1 Å². The number of carbonyl (C=O) groups excluding carboxylic acids is 3. The highest BCUT2D eigenvalue weighted by molar-refractivity contribution is 6.06. The van der Waals surface area contributed by atoms with Crippen molar-refractivity contribution in [2.45, 2.75) is 58.1 Å². The third-order valence-corrected chi connectivity index (χ3v) is 5.28. The normalized spacial score (nSPS) is 18.1. The Balaban J connectivity index is 1.67. The summed E-state index contributed by atoms with van der Waals surface area (Å²) in [6.45, 7) is 8.41. The fraction of sp³-hybridized carbons (Fsp3) is 0.400. The van der Waals surface area contributed by atoms with Crippen molar-refractivity contribution in [2.75, 3.05) is 0 Å². The Morgan fingerprint density at radius 2 is 1.50 bits per heavy atom. The third kappa shape index (κ3) is 5.21. The number of esters is 1. The second-order valence-corrected chi connectivity index (χ2v) is 9.61. The summed E-state index contributed by atoms with van der Waals surface area (Å²) in [5, 5.41) is 2.42. The number of amides is 1. The fourth-order valence-corrected chi connectivity index (χ4v) is 3.56. The van der Waals surface area contributed by atoms with Gasteiger partial charge in [-0.1, -0.05) is 30.3 Å². The van der Waals surface area contributed by atoms with Gasteiger partial charge in [0.2, 0.25) is 0 Å². The molecule has 1 amide bonds. The Labute approximate surface area is 186 Å². The van der Waals surface area contributed by atoms with Gasteiger partial charge in [-0.3, -0.25) is 14.4 Å². The first-order valence-corrected chi connectivity index (χ1v) is 10.4. The molecular formula is C25H27F2NO4. The van der Waals surface area contributed by atoms with Gasteiger partial charge in [-0.25, -0.2) is 8.78 Å². The predicted molar refractivity (Wildman–Crippen MR) is 115 cm³/mol. The number of benzene rings is 2. The van der Waals surface area contributed by atoms with Crippen LogP contribution in [-0.2, 0) is 9.53 Å². The van der Waals surface area contributed by atoms with Gasteiger partial charge >= 0.3 is 5.97 Å². The number of carbonyl (C=O) groups is 3. The van der Waals surface area contributed by atoms with Crippen molar-refractivity contribution in [3.8, 4) is 0 Å². The van der Waals surface area contributed by atoms with Crippen molar-refractivity contribution in [3.63, 3.8) is 0 Å². The molecule has 0 heterocycles. The van der Waals surface area contributed by atoms with E-state index < -0.39 is 40.0 Å². The van der Waals surface area contributed by atoms with E-state index in [1.807, 2.05) is 20.8 Å². The summed E-state index contributed by atoms with van der Waals surface area (Å²) >= 11 is 0. The molecule has 7 heteroatoms. The number of ketones is 1. The number of hydrogen-bond acceptors (Lipinski definition) is 4. The Hall–Kier alpha value is -3.09. The highest BCUT2D eigenvalue weighted by Crippen LogP contribution is 2.48. The van der Waals surface area contributed by atoms with Crippen molar-refractivity contribution in [3.05, 3.63) is 70.8 Å². The third-order valence-electron chi connectivity index (χ3n) is 5.28. The van der Waals surface area contributed by atoms with Crippen molar-refractivity contribution in [2.24, 2.45) is 5.92 Å². The lowest BCUT2D eigenvalue weighted by atomic mass is 9.91. The molecule has 0 spiro atoms. The molecule has 170 valence electrons. The van der Waals surface area contributed by atoms with E-state index in [0.717, 1.165) is 23.8 Å². The minimum absolute atomic E-state index is 0.0470. The van der Waals surface area contributed by atoms with Gasteiger partial charge in [0.15, 0.2) is 5.78 Å². The molecular weight excluding hydrogens is 416 g/mol. The van der Waals surface area contributed by atoms with Gasteiger partial charge in [0.25, 0.3) is 5.91 Å². The number of ether oxygens (including phenoxy) is 1. The van der Waals surface area contributed by atoms with E-state index in [1.54, 1.807) is 24.3 Å². The van der Waals surface area contributed by atoms with Crippen molar-refractivity contribution in [1.29, 1.82) is 0 Å². The quantitative estimate of drug-likeness (QED) is 0.514. The lowest BCUT2D eigenvalue weighted by molar-refractivity contribution is -0.156. The molecule has 1 aliphatic carbocycles. The van der Waals surface area contributed by atoms with Crippen molar-refractivity contribution >= 4 is 17.7 Å². The van der Waals surface area contributed by atoms with Crippen LogP contribution in [-0.4, -0.2) is 28.8 Å². The Kier molecular flexibility index (Phi) is 6.22. The van der Waals surface area contributed by atoms with Crippen molar-refractivity contribution in [1.82, 2.24) is 5.32 Å². The van der Waals surface area contributed by atoms with Gasteiger partial charge in [-0.2, -0.15) is 0 Å². The molecule has 2 aromatic carbocycles. The number of rotatable bonds is 6. The standard InChI is InChI=1S/C25H27F2NO4/c1-24(2,3)32-23(31)17-13-16(17)14-9-11-15(12-10-14)21(29)25(4,5)28-22(30)20-18(26)7-6-8-19(20)27/h6-12,16-17H,13H2,1-5H3,(H,28,30)/t16-,17?/m1/s1. The summed E-state index contributed by atoms with van der Waals surface area (Å²) in [6, 6.07) is 9.92. The van der Waals surface area contributed by atoms with Crippen LogP contribution in [0.4, 0.5) is 8.78 Å². The molecule has 1 saturated carbocycles. The zero-order chi connectivity index (χ0) is 23.8. The van der Waals surface area contributed by atoms with E-state index in [4.69, 9.17) is 4.74 Å². The topological polar surface area (TPSA) is 72.5 Å². The van der Waals surface area contributed by atoms with Gasteiger partial charge in [-0.15, -0.1) is 0 Å². The first-order valence-electron chi connectivity index (χ1n) is 10.4. The fourth-order valence-electron chi connectivity index (χ4n) is 3.56. The van der Waals surface area contributed by atoms with Crippen LogP contribution in [0.2, 0.25) is 0 Å². The minimum atomic E-state index is -1.40. The van der Waals surface area contributed by atoms with Gasteiger partial charge in [0.1, 0.15) is 22.8 Å². The van der Waals surface area contributed by atoms with Crippen LogP contribution in [0.15, 0.2) is 42.5 Å². The number of hydrogen-bond donors (Lipinski definition) is 1. The average Bonchev–Trinajstić information content (AvgIpc) is 3.47. The molecule has 0 radical (unpaired) electrons. The maximum absolute atomic E-state index is 13.9. The summed E-state index contributed by atoms with van der Waals surface area (Å²) in [7, 11) is 0. The lowest BCUT2D eigenvalue weighted by Crippen LogP contribution is -2.50. The summed E-state index contributed by atoms with van der Waals surface area (Å²) < 4.78 is 33.2. The maximum atomic E-state index is 13.9. The van der Waals surface area contributed by atoms with E-state index in [1.165, 1.54) is 13.8 Å². The summed E-state index contributed by atoms with van der Waals surface area (Å²) in [5.74, 6) is -3.79. The number of nitrogens with one attached hydrogen (secondary N) is 1. The molecule has 1 aliphatic rings. The molecule has 1 unspecified atom stereocenters. The molecule has 2 aromatic rings. The molecule has 0 aromatic heterocycles. The van der Waals surface area contributed by atoms with Crippen LogP contribution in [0, 0.1) is 17.6 Å². The summed E-state index contributed by atoms with van der Waals surface area (Å²) in [4.78, 5) is 37.6. The van der Waals surface area contributed by atoms with Gasteiger partial charge in [0, 0.05) is 5.56 Å². The molecule has 3 rings (SSSR count). The van der Waals surface area contributed by atoms with E-state index >= 15 is 0 Å². The summed E-state index contributed by atoms with van der Waals surface area (Å²) in [6.07, 6.45) is 0.692. The zero-order valence-corrected chi connectivity index (χ0v) is 18.8. The van der Waals surface area contributed by atoms with Crippen LogP contribution in [0.25, 0.3) is 0 Å². The minimum Gasteiger partial charge on any atom is -0.460 e. The van der Waals surface area contributed by atoms with Gasteiger partial charge in [-0.05, 0) is 64.7 Å². The maximum Gasteiger partial charge on any atom is 0.310 e. The summed E-state index contributed by atoms with van der Waals surface area (Å²) in [5.41, 5.74) is -1.41. The van der Waals surface area contributed by atoms with Crippen LogP contribution < -0.4 is 5.32 Å². The highest BCUT2D eigenvalue weighted by atomic mass is 19.1. The molecule has 0 bridgehead atoms. The molecule has 32 heavy (non-hydrogen) atoms. The van der Waals surface area contributed by atoms with Gasteiger partial charge in [0.05, 0.1) is 11.5 Å².